The van der Waals surface area contributed by atoms with Crippen LogP contribution in [-0.4, -0.2) is 41.1 Å². The zero-order chi connectivity index (χ0) is 28.6. The van der Waals surface area contributed by atoms with Crippen molar-refractivity contribution in [2.75, 3.05) is 12.3 Å². The lowest BCUT2D eigenvalue weighted by Gasteiger charge is -2.58. The van der Waals surface area contributed by atoms with Crippen LogP contribution in [0.2, 0.25) is 0 Å². The van der Waals surface area contributed by atoms with Crippen molar-refractivity contribution in [3.8, 4) is 0 Å². The predicted molar refractivity (Wildman–Crippen MR) is 165 cm³/mol. The lowest BCUT2D eigenvalue weighted by Crippen LogP contribution is -2.59. The molecule has 0 aromatic carbocycles. The second kappa shape index (κ2) is 12.2. The van der Waals surface area contributed by atoms with Gasteiger partial charge in [-0.25, -0.2) is 4.79 Å². The van der Waals surface area contributed by atoms with Crippen LogP contribution in [0.3, 0.4) is 0 Å². The van der Waals surface area contributed by atoms with Crippen molar-refractivity contribution in [1.29, 1.82) is 0 Å². The van der Waals surface area contributed by atoms with Crippen molar-refractivity contribution in [3.63, 3.8) is 0 Å². The van der Waals surface area contributed by atoms with E-state index >= 15 is 0 Å². The summed E-state index contributed by atoms with van der Waals surface area (Å²) in [6, 6.07) is 0.0588. The largest absolute Gasteiger partial charge is 0.349 e. The van der Waals surface area contributed by atoms with Gasteiger partial charge in [-0.15, -0.1) is 0 Å². The Bertz CT molecular complexity index is 1020. The third-order valence-electron chi connectivity index (χ3n) is 12.9. The van der Waals surface area contributed by atoms with Gasteiger partial charge < -0.3 is 5.32 Å². The Morgan fingerprint density at radius 3 is 2.34 bits per heavy atom. The van der Waals surface area contributed by atoms with E-state index in [0.29, 0.717) is 36.1 Å². The van der Waals surface area contributed by atoms with Gasteiger partial charge in [0.2, 0.25) is 11.8 Å². The molecule has 2 unspecified atom stereocenters. The molecule has 0 aromatic heterocycles. The molecule has 0 saturated heterocycles. The lowest BCUT2D eigenvalue weighted by molar-refractivity contribution is -0.141. The molecule has 1 aliphatic heterocycles. The molecule has 228 valence electrons. The fourth-order valence-electron chi connectivity index (χ4n) is 10.5. The number of hydrogen-bond acceptors (Lipinski definition) is 4. The molecule has 0 bridgehead atoms. The first kappa shape index (κ1) is 29.6. The Morgan fingerprint density at radius 2 is 1.61 bits per heavy atom. The maximum atomic E-state index is 14.5. The molecule has 5 aliphatic carbocycles. The number of amides is 4. The molecule has 0 radical (unpaired) electrons. The van der Waals surface area contributed by atoms with E-state index in [0.717, 1.165) is 57.1 Å². The molecule has 6 rings (SSSR count). The first-order valence-electron chi connectivity index (χ1n) is 17.0. The van der Waals surface area contributed by atoms with E-state index in [2.05, 4.69) is 30.0 Å². The van der Waals surface area contributed by atoms with Crippen LogP contribution >= 0.6 is 11.9 Å². The van der Waals surface area contributed by atoms with Crippen LogP contribution in [0.1, 0.15) is 117 Å². The number of fused-ring (bicyclic) bond motifs is 5. The quantitative estimate of drug-likeness (QED) is 0.323. The number of rotatable bonds is 6. The fourth-order valence-corrected chi connectivity index (χ4v) is 11.3. The molecule has 0 aromatic rings. The maximum absolute atomic E-state index is 14.5. The third kappa shape index (κ3) is 5.74. The van der Waals surface area contributed by atoms with E-state index < -0.39 is 0 Å². The van der Waals surface area contributed by atoms with E-state index in [4.69, 9.17) is 0 Å². The van der Waals surface area contributed by atoms with Crippen LogP contribution in [0, 0.1) is 46.3 Å². The number of imide groups is 1. The second-order valence-corrected chi connectivity index (χ2v) is 15.9. The van der Waals surface area contributed by atoms with Crippen LogP contribution in [0.4, 0.5) is 4.79 Å². The molecule has 0 spiro atoms. The highest BCUT2D eigenvalue weighted by atomic mass is 32.2. The number of hydrogen-bond donors (Lipinski definition) is 2. The summed E-state index contributed by atoms with van der Waals surface area (Å²) >= 11 is 1.54. The van der Waals surface area contributed by atoms with E-state index in [9.17, 15) is 14.4 Å². The van der Waals surface area contributed by atoms with Crippen molar-refractivity contribution < 1.29 is 14.4 Å². The second-order valence-electron chi connectivity index (χ2n) is 15.1. The Balaban J connectivity index is 1.16. The lowest BCUT2D eigenvalue weighted by atomic mass is 9.48. The number of urea groups is 1. The molecule has 6 aliphatic rings. The summed E-state index contributed by atoms with van der Waals surface area (Å²) < 4.78 is 3.13. The van der Waals surface area contributed by atoms with Crippen molar-refractivity contribution in [1.82, 2.24) is 14.9 Å². The molecule has 5 saturated carbocycles. The van der Waals surface area contributed by atoms with Crippen LogP contribution in [0.5, 0.6) is 0 Å². The smallest absolute Gasteiger partial charge is 0.334 e. The van der Waals surface area contributed by atoms with Crippen LogP contribution in [-0.2, 0) is 9.59 Å². The number of nitrogens with zero attached hydrogens (tertiary/aromatic N) is 1. The summed E-state index contributed by atoms with van der Waals surface area (Å²) in [5.74, 6) is 3.79. The van der Waals surface area contributed by atoms with Gasteiger partial charge in [-0.2, -0.15) is 0 Å². The number of carbonyl (C=O) groups is 3. The molecule has 7 heteroatoms. The van der Waals surface area contributed by atoms with Gasteiger partial charge in [0.05, 0.1) is 0 Å². The predicted octanol–water partition coefficient (Wildman–Crippen LogP) is 7.25. The van der Waals surface area contributed by atoms with Crippen LogP contribution < -0.4 is 10.0 Å². The molecular weight excluding hydrogens is 530 g/mol. The topological polar surface area (TPSA) is 78.5 Å². The van der Waals surface area contributed by atoms with Gasteiger partial charge in [0.1, 0.15) is 0 Å². The summed E-state index contributed by atoms with van der Waals surface area (Å²) in [5.41, 5.74) is -0.0495. The van der Waals surface area contributed by atoms with Gasteiger partial charge in [-0.05, 0) is 117 Å². The van der Waals surface area contributed by atoms with E-state index in [1.807, 2.05) is 0 Å². The minimum absolute atomic E-state index is 0.00269. The standard InChI is InChI=1S/C34H53N3O3S/c1-33-19-17-27-25(13-16-29-34(27,2)20-18-30(38)35-29)26(33)14-15-28(33)31(39)37(21-23-9-5-3-6-10-23)32(40)36-41-22-24-11-7-4-8-12-24/h18,20,23-29H,3-17,19,21-22H2,1-2H3,(H,35,38)(H,36,40)/t25-,26-,27+,28?,29?,33-,34+/m0/s1. The number of carbonyl (C=O) groups excluding carboxylic acids is 3. The van der Waals surface area contributed by atoms with Gasteiger partial charge >= 0.3 is 6.03 Å². The summed E-state index contributed by atoms with van der Waals surface area (Å²) in [6.07, 6.45) is 22.7. The Morgan fingerprint density at radius 1 is 0.902 bits per heavy atom. The minimum atomic E-state index is -0.168. The zero-order valence-electron chi connectivity index (χ0n) is 25.5. The zero-order valence-corrected chi connectivity index (χ0v) is 26.3. The van der Waals surface area contributed by atoms with Gasteiger partial charge in [0, 0.05) is 29.7 Å². The highest BCUT2D eigenvalue weighted by Gasteiger charge is 2.61. The van der Waals surface area contributed by atoms with Gasteiger partial charge in [0.15, 0.2) is 0 Å². The summed E-state index contributed by atoms with van der Waals surface area (Å²) in [6.45, 7) is 5.32. The SMILES string of the molecule is C[C@]12C=CC(=O)NC1CC[C@@H]1[C@H]2CC[C@]2(C)C(C(=O)N(CC3CCCCC3)C(=O)NSCC3CCCCC3)CC[C@@H]12. The van der Waals surface area contributed by atoms with E-state index in [1.165, 1.54) is 63.3 Å². The third-order valence-corrected chi connectivity index (χ3v) is 13.8. The molecular formula is C34H53N3O3S. The molecule has 6 nitrogen and oxygen atoms in total. The molecule has 5 fully saturated rings. The van der Waals surface area contributed by atoms with Crippen LogP contribution in [0.25, 0.3) is 0 Å². The Labute approximate surface area is 252 Å². The first-order chi connectivity index (χ1) is 19.8. The van der Waals surface area contributed by atoms with Crippen molar-refractivity contribution >= 4 is 29.8 Å². The average molecular weight is 584 g/mol. The van der Waals surface area contributed by atoms with Crippen LogP contribution in [0.15, 0.2) is 12.2 Å². The fraction of sp³-hybridized carbons (Fsp3) is 0.853. The van der Waals surface area contributed by atoms with Crippen molar-refractivity contribution in [2.24, 2.45) is 46.3 Å². The van der Waals surface area contributed by atoms with Gasteiger partial charge in [0.25, 0.3) is 0 Å². The molecule has 4 amide bonds. The monoisotopic (exact) mass is 583 g/mol. The van der Waals surface area contributed by atoms with Crippen molar-refractivity contribution in [3.05, 3.63) is 12.2 Å². The highest BCUT2D eigenvalue weighted by Crippen LogP contribution is 2.65. The minimum Gasteiger partial charge on any atom is -0.349 e. The molecule has 7 atom stereocenters. The molecule has 41 heavy (non-hydrogen) atoms. The van der Waals surface area contributed by atoms with Crippen molar-refractivity contribution in [2.45, 2.75) is 123 Å². The van der Waals surface area contributed by atoms with E-state index in [-0.39, 0.29) is 40.6 Å². The van der Waals surface area contributed by atoms with E-state index in [1.54, 1.807) is 11.0 Å². The summed E-state index contributed by atoms with van der Waals surface area (Å²) in [4.78, 5) is 42.0. The maximum Gasteiger partial charge on any atom is 0.334 e. The summed E-state index contributed by atoms with van der Waals surface area (Å²) in [7, 11) is 0. The number of nitrogens with one attached hydrogen (secondary N) is 2. The Hall–Kier alpha value is -1.50. The molecule has 1 heterocycles. The summed E-state index contributed by atoms with van der Waals surface area (Å²) in [5, 5.41) is 3.26. The van der Waals surface area contributed by atoms with Gasteiger partial charge in [-0.3, -0.25) is 19.2 Å². The Kier molecular flexibility index (Phi) is 8.83. The average Bonchev–Trinajstić information content (AvgIpc) is 3.34. The highest BCUT2D eigenvalue weighted by molar-refractivity contribution is 7.97. The van der Waals surface area contributed by atoms with Gasteiger partial charge in [-0.1, -0.05) is 58.4 Å². The first-order valence-corrected chi connectivity index (χ1v) is 18.0. The molecule has 2 N–H and O–H groups in total. The normalized spacial score (nSPS) is 39.3.